The van der Waals surface area contributed by atoms with E-state index in [0.717, 1.165) is 22.2 Å². The van der Waals surface area contributed by atoms with Crippen LogP contribution in [-0.4, -0.2) is 23.2 Å². The van der Waals surface area contributed by atoms with Gasteiger partial charge in [0.2, 0.25) is 5.95 Å². The van der Waals surface area contributed by atoms with Gasteiger partial charge in [0.05, 0.1) is 24.2 Å². The molecule has 0 saturated heterocycles. The number of benzene rings is 2. The molecule has 0 fully saturated rings. The molecule has 0 aliphatic heterocycles. The normalized spacial score (nSPS) is 11.1. The maximum absolute atomic E-state index is 11.2. The van der Waals surface area contributed by atoms with Gasteiger partial charge in [-0.3, -0.25) is 5.32 Å². The van der Waals surface area contributed by atoms with Gasteiger partial charge in [-0.1, -0.05) is 36.4 Å². The molecule has 2 aromatic carbocycles. The summed E-state index contributed by atoms with van der Waals surface area (Å²) in [5, 5.41) is 2.50. The monoisotopic (exact) mass is 368 g/mol. The van der Waals surface area contributed by atoms with E-state index in [1.807, 2.05) is 48.5 Å². The number of carbonyl (C=O) groups excluding carboxylic acids is 1. The number of fused-ring (bicyclic) bond motifs is 1. The summed E-state index contributed by atoms with van der Waals surface area (Å²) in [7, 11) is 1.30. The molecular weight excluding hydrogens is 351 g/mol. The highest BCUT2D eigenvalue weighted by Crippen LogP contribution is 2.23. The number of nitrogens with zero attached hydrogens (tertiary/aromatic N) is 1. The summed E-state index contributed by atoms with van der Waals surface area (Å²) in [6.45, 7) is 0. The van der Waals surface area contributed by atoms with Crippen molar-refractivity contribution in [1.29, 1.82) is 0 Å². The van der Waals surface area contributed by atoms with Gasteiger partial charge < -0.3 is 15.5 Å². The highest BCUT2D eigenvalue weighted by molar-refractivity contribution is 5.86. The summed E-state index contributed by atoms with van der Waals surface area (Å²) in [5.74, 6) is 0.340. The van der Waals surface area contributed by atoms with Crippen molar-refractivity contribution in [2.75, 3.05) is 12.4 Å². The molecule has 6 nitrogen and oxygen atoms in total. The number of nitrogens with one attached hydrogen (secondary N) is 2. The van der Waals surface area contributed by atoms with E-state index in [1.165, 1.54) is 7.11 Å². The zero-order chi connectivity index (χ0) is 15.5. The number of nitrogens with two attached hydrogens (primary N) is 1. The van der Waals surface area contributed by atoms with E-state index in [0.29, 0.717) is 5.95 Å². The van der Waals surface area contributed by atoms with Crippen LogP contribution in [0.1, 0.15) is 17.2 Å². The Kier molecular flexibility index (Phi) is 7.03. The van der Waals surface area contributed by atoms with Gasteiger partial charge in [0.25, 0.3) is 0 Å². The number of imidazole rings is 1. The Balaban J connectivity index is 0.00000144. The molecule has 24 heavy (non-hydrogen) atoms. The van der Waals surface area contributed by atoms with Crippen LogP contribution in [0, 0.1) is 0 Å². The Morgan fingerprint density at radius 2 is 1.88 bits per heavy atom. The third-order valence-electron chi connectivity index (χ3n) is 3.43. The minimum absolute atomic E-state index is 0. The molecule has 0 saturated carbocycles. The van der Waals surface area contributed by atoms with Crippen LogP contribution < -0.4 is 11.1 Å². The lowest BCUT2D eigenvalue weighted by atomic mass is 9.99. The molecule has 1 unspecified atom stereocenters. The fourth-order valence-corrected chi connectivity index (χ4v) is 2.28. The van der Waals surface area contributed by atoms with Crippen LogP contribution in [0.4, 0.5) is 10.7 Å². The third kappa shape index (κ3) is 4.17. The Bertz CT molecular complexity index is 808. The molecule has 0 radical (unpaired) electrons. The predicted molar refractivity (Wildman–Crippen MR) is 99.1 cm³/mol. The number of methoxy groups -OCH3 is 1. The van der Waals surface area contributed by atoms with Gasteiger partial charge in [-0.05, 0) is 23.3 Å². The number of ether oxygens (including phenoxy) is 1. The van der Waals surface area contributed by atoms with E-state index in [9.17, 15) is 4.79 Å². The topological polar surface area (TPSA) is 93.0 Å². The highest BCUT2D eigenvalue weighted by atomic mass is 35.5. The van der Waals surface area contributed by atoms with Gasteiger partial charge in [0, 0.05) is 0 Å². The Morgan fingerprint density at radius 1 is 1.17 bits per heavy atom. The molecule has 3 rings (SSSR count). The quantitative estimate of drug-likeness (QED) is 0.657. The average Bonchev–Trinajstić information content (AvgIpc) is 2.96. The Labute approximate surface area is 151 Å². The second-order valence-corrected chi connectivity index (χ2v) is 4.87. The zero-order valence-electron chi connectivity index (χ0n) is 12.9. The average molecular weight is 369 g/mol. The first-order valence-electron chi connectivity index (χ1n) is 6.82. The molecule has 1 aromatic heterocycles. The van der Waals surface area contributed by atoms with E-state index < -0.39 is 6.09 Å². The first-order valence-corrected chi connectivity index (χ1v) is 6.82. The minimum Gasteiger partial charge on any atom is -0.453 e. The number of hydrogen-bond donors (Lipinski definition) is 3. The molecule has 1 heterocycles. The van der Waals surface area contributed by atoms with E-state index in [4.69, 9.17) is 5.73 Å². The second-order valence-electron chi connectivity index (χ2n) is 4.87. The summed E-state index contributed by atoms with van der Waals surface area (Å²) in [4.78, 5) is 18.5. The Hall–Kier alpha value is -2.28. The number of rotatable bonds is 3. The molecule has 0 spiro atoms. The van der Waals surface area contributed by atoms with E-state index in [1.54, 1.807) is 0 Å². The predicted octanol–water partition coefficient (Wildman–Crippen LogP) is 3.63. The SMILES string of the molecule is COC(=O)Nc1nc2ccc(C(N)c3ccccc3)cc2[nH]1.Cl.Cl. The highest BCUT2D eigenvalue weighted by Gasteiger charge is 2.11. The number of anilines is 1. The molecule has 0 aliphatic carbocycles. The summed E-state index contributed by atoms with van der Waals surface area (Å²) in [5.41, 5.74) is 9.84. The molecule has 0 bridgehead atoms. The lowest BCUT2D eigenvalue weighted by Crippen LogP contribution is -2.11. The number of hydrogen-bond acceptors (Lipinski definition) is 4. The summed E-state index contributed by atoms with van der Waals surface area (Å²) < 4.78 is 4.54. The van der Waals surface area contributed by atoms with Crippen molar-refractivity contribution in [2.24, 2.45) is 5.73 Å². The van der Waals surface area contributed by atoms with Crippen LogP contribution in [0.2, 0.25) is 0 Å². The van der Waals surface area contributed by atoms with E-state index >= 15 is 0 Å². The smallest absolute Gasteiger partial charge is 0.413 e. The lowest BCUT2D eigenvalue weighted by molar-refractivity contribution is 0.186. The van der Waals surface area contributed by atoms with Crippen molar-refractivity contribution in [3.8, 4) is 0 Å². The molecule has 1 amide bonds. The summed E-state index contributed by atoms with van der Waals surface area (Å²) in [6, 6.07) is 15.4. The molecule has 8 heteroatoms. The lowest BCUT2D eigenvalue weighted by Gasteiger charge is -2.12. The van der Waals surface area contributed by atoms with Crippen LogP contribution in [0.5, 0.6) is 0 Å². The second kappa shape index (κ2) is 8.54. The standard InChI is InChI=1S/C16H16N4O2.2ClH/c1-22-16(21)20-15-18-12-8-7-11(9-13(12)19-15)14(17)10-5-3-2-4-6-10;;/h2-9,14H,17H2,1H3,(H2,18,19,20,21);2*1H. The molecule has 3 aromatic rings. The van der Waals surface area contributed by atoms with Crippen molar-refractivity contribution >= 4 is 47.9 Å². The molecule has 4 N–H and O–H groups in total. The van der Waals surface area contributed by atoms with Crippen LogP contribution >= 0.6 is 24.8 Å². The number of aromatic amines is 1. The van der Waals surface area contributed by atoms with Crippen molar-refractivity contribution in [1.82, 2.24) is 9.97 Å². The largest absolute Gasteiger partial charge is 0.453 e. The zero-order valence-corrected chi connectivity index (χ0v) is 14.5. The van der Waals surface area contributed by atoms with Gasteiger partial charge in [-0.2, -0.15) is 0 Å². The molecule has 0 aliphatic rings. The number of H-pyrrole nitrogens is 1. The van der Waals surface area contributed by atoms with Crippen LogP contribution in [0.15, 0.2) is 48.5 Å². The minimum atomic E-state index is -0.569. The van der Waals surface area contributed by atoms with Gasteiger partial charge in [0.1, 0.15) is 0 Å². The van der Waals surface area contributed by atoms with Crippen LogP contribution in [-0.2, 0) is 4.74 Å². The maximum Gasteiger partial charge on any atom is 0.413 e. The summed E-state index contributed by atoms with van der Waals surface area (Å²) in [6.07, 6.45) is -0.569. The number of amides is 1. The van der Waals surface area contributed by atoms with Crippen molar-refractivity contribution < 1.29 is 9.53 Å². The van der Waals surface area contributed by atoms with Crippen molar-refractivity contribution in [2.45, 2.75) is 6.04 Å². The van der Waals surface area contributed by atoms with Crippen molar-refractivity contribution in [3.63, 3.8) is 0 Å². The number of carbonyl (C=O) groups is 1. The van der Waals surface area contributed by atoms with Gasteiger partial charge >= 0.3 is 6.09 Å². The van der Waals surface area contributed by atoms with Crippen LogP contribution in [0.25, 0.3) is 11.0 Å². The molecule has 1 atom stereocenters. The number of halogens is 2. The first-order chi connectivity index (χ1) is 10.7. The van der Waals surface area contributed by atoms with E-state index in [2.05, 4.69) is 20.0 Å². The first kappa shape index (κ1) is 19.8. The third-order valence-corrected chi connectivity index (χ3v) is 3.43. The van der Waals surface area contributed by atoms with Gasteiger partial charge in [0.15, 0.2) is 0 Å². The fourth-order valence-electron chi connectivity index (χ4n) is 2.28. The fraction of sp³-hybridized carbons (Fsp3) is 0.125. The molecule has 128 valence electrons. The molecular formula is C16H18Cl2N4O2. The maximum atomic E-state index is 11.2. The van der Waals surface area contributed by atoms with E-state index in [-0.39, 0.29) is 30.9 Å². The number of aromatic nitrogens is 2. The van der Waals surface area contributed by atoms with Crippen LogP contribution in [0.3, 0.4) is 0 Å². The Morgan fingerprint density at radius 3 is 2.54 bits per heavy atom. The summed E-state index contributed by atoms with van der Waals surface area (Å²) >= 11 is 0. The van der Waals surface area contributed by atoms with Gasteiger partial charge in [-0.25, -0.2) is 9.78 Å². The van der Waals surface area contributed by atoms with Crippen molar-refractivity contribution in [3.05, 3.63) is 59.7 Å². The van der Waals surface area contributed by atoms with Gasteiger partial charge in [-0.15, -0.1) is 24.8 Å².